The largest absolute Gasteiger partial charge is 0.365 e. The molecule has 2 rings (SSSR count). The molecule has 1 fully saturated rings. The van der Waals surface area contributed by atoms with Crippen molar-refractivity contribution in [2.45, 2.75) is 45.6 Å². The Kier molecular flexibility index (Phi) is 3.78. The fourth-order valence-electron chi connectivity index (χ4n) is 2.35. The highest BCUT2D eigenvalue weighted by molar-refractivity contribution is 5.73. The number of amides is 1. The lowest BCUT2D eigenvalue weighted by atomic mass is 9.88. The predicted molar refractivity (Wildman–Crippen MR) is 77.2 cm³/mol. The summed E-state index contributed by atoms with van der Waals surface area (Å²) in [5.41, 5.74) is 1.40. The molecule has 1 saturated heterocycles. The molecule has 0 aliphatic carbocycles. The Balaban J connectivity index is 2.03. The first-order valence-electron chi connectivity index (χ1n) is 6.85. The van der Waals surface area contributed by atoms with Crippen molar-refractivity contribution in [1.82, 2.24) is 9.88 Å². The number of aromatic nitrogens is 1. The van der Waals surface area contributed by atoms with Crippen molar-refractivity contribution in [2.75, 3.05) is 18.4 Å². The topological polar surface area (TPSA) is 45.2 Å². The van der Waals surface area contributed by atoms with Gasteiger partial charge in [0.1, 0.15) is 5.82 Å². The van der Waals surface area contributed by atoms with E-state index in [4.69, 9.17) is 0 Å². The van der Waals surface area contributed by atoms with Crippen molar-refractivity contribution < 1.29 is 4.79 Å². The molecular weight excluding hydrogens is 238 g/mol. The number of hydrogen-bond donors (Lipinski definition) is 1. The molecule has 0 radical (unpaired) electrons. The molecule has 1 unspecified atom stereocenters. The highest BCUT2D eigenvalue weighted by Gasteiger charge is 2.24. The fraction of sp³-hybridized carbons (Fsp3) is 0.600. The highest BCUT2D eigenvalue weighted by Crippen LogP contribution is 2.24. The minimum absolute atomic E-state index is 0.125. The Bertz CT molecular complexity index is 465. The lowest BCUT2D eigenvalue weighted by molar-refractivity contribution is -0.127. The van der Waals surface area contributed by atoms with Crippen LogP contribution in [-0.4, -0.2) is 34.9 Å². The number of hydrogen-bond acceptors (Lipinski definition) is 3. The van der Waals surface area contributed by atoms with Gasteiger partial charge < -0.3 is 10.2 Å². The molecule has 0 bridgehead atoms. The van der Waals surface area contributed by atoms with Crippen LogP contribution in [0.4, 0.5) is 5.82 Å². The molecule has 1 atom stereocenters. The van der Waals surface area contributed by atoms with Crippen molar-refractivity contribution in [3.8, 4) is 0 Å². The average molecular weight is 261 g/mol. The van der Waals surface area contributed by atoms with Gasteiger partial charge in [0.15, 0.2) is 0 Å². The predicted octanol–water partition coefficient (Wildman–Crippen LogP) is 2.41. The minimum atomic E-state index is 0.125. The number of nitrogens with zero attached hydrogens (tertiary/aromatic N) is 2. The Morgan fingerprint density at radius 2 is 2.21 bits per heavy atom. The van der Waals surface area contributed by atoms with E-state index in [0.717, 1.165) is 25.3 Å². The van der Waals surface area contributed by atoms with E-state index in [0.29, 0.717) is 6.04 Å². The van der Waals surface area contributed by atoms with Gasteiger partial charge in [0.25, 0.3) is 0 Å². The first-order valence-corrected chi connectivity index (χ1v) is 6.85. The number of rotatable bonds is 2. The van der Waals surface area contributed by atoms with Crippen molar-refractivity contribution >= 4 is 11.7 Å². The zero-order valence-electron chi connectivity index (χ0n) is 12.2. The zero-order chi connectivity index (χ0) is 14.0. The second-order valence-electron chi connectivity index (χ2n) is 6.27. The molecule has 104 valence electrons. The summed E-state index contributed by atoms with van der Waals surface area (Å²) in [6, 6.07) is 4.48. The van der Waals surface area contributed by atoms with Gasteiger partial charge in [-0.3, -0.25) is 4.79 Å². The Morgan fingerprint density at radius 1 is 1.47 bits per heavy atom. The van der Waals surface area contributed by atoms with Gasteiger partial charge in [0.05, 0.1) is 0 Å². The number of pyridine rings is 1. The van der Waals surface area contributed by atoms with E-state index in [1.807, 2.05) is 11.1 Å². The summed E-state index contributed by atoms with van der Waals surface area (Å²) in [5, 5.41) is 3.43. The molecule has 1 amide bonds. The van der Waals surface area contributed by atoms with Crippen LogP contribution in [0.25, 0.3) is 0 Å². The summed E-state index contributed by atoms with van der Waals surface area (Å²) in [6.45, 7) is 9.82. The zero-order valence-corrected chi connectivity index (χ0v) is 12.2. The number of carbonyl (C=O) groups is 1. The van der Waals surface area contributed by atoms with Crippen molar-refractivity contribution in [3.05, 3.63) is 23.9 Å². The van der Waals surface area contributed by atoms with E-state index in [1.165, 1.54) is 5.56 Å². The van der Waals surface area contributed by atoms with E-state index in [2.05, 4.69) is 43.2 Å². The third-order valence-corrected chi connectivity index (χ3v) is 3.61. The van der Waals surface area contributed by atoms with Crippen LogP contribution in [0.1, 0.15) is 39.7 Å². The molecule has 1 aliphatic heterocycles. The molecule has 19 heavy (non-hydrogen) atoms. The number of likely N-dealkylation sites (tertiary alicyclic amines) is 1. The average Bonchev–Trinajstić information content (AvgIpc) is 2.77. The fourth-order valence-corrected chi connectivity index (χ4v) is 2.35. The lowest BCUT2D eigenvalue weighted by Gasteiger charge is -2.21. The van der Waals surface area contributed by atoms with Crippen LogP contribution in [0, 0.1) is 0 Å². The lowest BCUT2D eigenvalue weighted by Crippen LogP contribution is -2.29. The summed E-state index contributed by atoms with van der Waals surface area (Å²) in [6.07, 6.45) is 2.83. The number of anilines is 1. The van der Waals surface area contributed by atoms with E-state index in [1.54, 1.807) is 6.92 Å². The van der Waals surface area contributed by atoms with E-state index in [-0.39, 0.29) is 11.3 Å². The Morgan fingerprint density at radius 3 is 2.79 bits per heavy atom. The molecule has 0 saturated carbocycles. The molecule has 1 aromatic heterocycles. The molecule has 4 heteroatoms. The standard InChI is InChI=1S/C15H23N3O/c1-11(19)18-8-6-13(10-18)17-14-9-12(5-7-16-14)15(2,3)4/h5,7,9,13H,6,8,10H2,1-4H3,(H,16,17). The summed E-state index contributed by atoms with van der Waals surface area (Å²) in [5.74, 6) is 1.06. The van der Waals surface area contributed by atoms with Crippen LogP contribution in [0.3, 0.4) is 0 Å². The Hall–Kier alpha value is -1.58. The normalized spacial score (nSPS) is 19.6. The molecule has 1 N–H and O–H groups in total. The SMILES string of the molecule is CC(=O)N1CCC(Nc2cc(C(C)(C)C)ccn2)C1. The summed E-state index contributed by atoms with van der Waals surface area (Å²) in [7, 11) is 0. The second-order valence-corrected chi connectivity index (χ2v) is 6.27. The minimum Gasteiger partial charge on any atom is -0.365 e. The third-order valence-electron chi connectivity index (χ3n) is 3.61. The van der Waals surface area contributed by atoms with Gasteiger partial charge in [-0.25, -0.2) is 4.98 Å². The maximum Gasteiger partial charge on any atom is 0.219 e. The number of carbonyl (C=O) groups excluding carboxylic acids is 1. The first-order chi connectivity index (χ1) is 8.86. The Labute approximate surface area is 115 Å². The van der Waals surface area contributed by atoms with Crippen molar-refractivity contribution in [3.63, 3.8) is 0 Å². The van der Waals surface area contributed by atoms with E-state index in [9.17, 15) is 4.79 Å². The third kappa shape index (κ3) is 3.46. The maximum atomic E-state index is 11.3. The number of nitrogens with one attached hydrogen (secondary N) is 1. The molecular formula is C15H23N3O. The summed E-state index contributed by atoms with van der Waals surface area (Å²) in [4.78, 5) is 17.6. The molecule has 1 aromatic rings. The van der Waals surface area contributed by atoms with Crippen molar-refractivity contribution in [2.24, 2.45) is 0 Å². The van der Waals surface area contributed by atoms with Gasteiger partial charge in [0.2, 0.25) is 5.91 Å². The summed E-state index contributed by atoms with van der Waals surface area (Å²) >= 11 is 0. The van der Waals surface area contributed by atoms with Gasteiger partial charge in [-0.1, -0.05) is 20.8 Å². The first kappa shape index (κ1) is 13.8. The van der Waals surface area contributed by atoms with Crippen molar-refractivity contribution in [1.29, 1.82) is 0 Å². The maximum absolute atomic E-state index is 11.3. The van der Waals surface area contributed by atoms with Gasteiger partial charge in [-0.15, -0.1) is 0 Å². The van der Waals surface area contributed by atoms with Crippen LogP contribution in [0.2, 0.25) is 0 Å². The van der Waals surface area contributed by atoms with Crippen LogP contribution in [0.5, 0.6) is 0 Å². The molecule has 1 aliphatic rings. The van der Waals surface area contributed by atoms with Crippen LogP contribution in [0.15, 0.2) is 18.3 Å². The summed E-state index contributed by atoms with van der Waals surface area (Å²) < 4.78 is 0. The van der Waals surface area contributed by atoms with Gasteiger partial charge in [0, 0.05) is 32.3 Å². The van der Waals surface area contributed by atoms with Crippen LogP contribution < -0.4 is 5.32 Å². The second kappa shape index (κ2) is 5.19. The molecule has 0 spiro atoms. The van der Waals surface area contributed by atoms with Crippen LogP contribution in [-0.2, 0) is 10.2 Å². The quantitative estimate of drug-likeness (QED) is 0.889. The van der Waals surface area contributed by atoms with E-state index >= 15 is 0 Å². The monoisotopic (exact) mass is 261 g/mol. The smallest absolute Gasteiger partial charge is 0.219 e. The van der Waals surface area contributed by atoms with Gasteiger partial charge in [-0.05, 0) is 29.5 Å². The van der Waals surface area contributed by atoms with Gasteiger partial charge in [-0.2, -0.15) is 0 Å². The van der Waals surface area contributed by atoms with E-state index < -0.39 is 0 Å². The molecule has 0 aromatic carbocycles. The van der Waals surface area contributed by atoms with Gasteiger partial charge >= 0.3 is 0 Å². The highest BCUT2D eigenvalue weighted by atomic mass is 16.2. The molecule has 2 heterocycles. The van der Waals surface area contributed by atoms with Crippen LogP contribution >= 0.6 is 0 Å². The molecule has 4 nitrogen and oxygen atoms in total.